The first-order valence-corrected chi connectivity index (χ1v) is 7.65. The molecule has 7 heteroatoms. The molecule has 126 valence electrons. The summed E-state index contributed by atoms with van der Waals surface area (Å²) in [6.45, 7) is 0.839. The van der Waals surface area contributed by atoms with Gasteiger partial charge in [-0.15, -0.1) is 0 Å². The minimum atomic E-state index is -0.639. The molecule has 0 saturated carbocycles. The third-order valence-electron chi connectivity index (χ3n) is 3.74. The number of nitrogens with one attached hydrogen (secondary N) is 2. The number of halogens is 2. The maximum Gasteiger partial charge on any atom is 0.242 e. The van der Waals surface area contributed by atoms with Gasteiger partial charge in [0.15, 0.2) is 0 Å². The molecule has 0 aliphatic carbocycles. The summed E-state index contributed by atoms with van der Waals surface area (Å²) in [6, 6.07) is 2.85. The minimum Gasteiger partial charge on any atom is -0.354 e. The molecule has 2 amide bonds. The molecule has 1 aliphatic rings. The largest absolute Gasteiger partial charge is 0.354 e. The Labute approximate surface area is 134 Å². The van der Waals surface area contributed by atoms with Crippen molar-refractivity contribution in [2.45, 2.75) is 31.8 Å². The second-order valence-electron chi connectivity index (χ2n) is 5.81. The number of carbonyl (C=O) groups excluding carboxylic acids is 2. The van der Waals surface area contributed by atoms with Gasteiger partial charge in [0, 0.05) is 24.7 Å². The van der Waals surface area contributed by atoms with E-state index in [0.29, 0.717) is 18.5 Å². The van der Waals surface area contributed by atoms with Crippen molar-refractivity contribution in [1.82, 2.24) is 15.5 Å². The maximum absolute atomic E-state index is 13.6. The van der Waals surface area contributed by atoms with Crippen LogP contribution >= 0.6 is 0 Å². The molecule has 1 aliphatic heterocycles. The summed E-state index contributed by atoms with van der Waals surface area (Å²) in [5.74, 6) is -1.73. The van der Waals surface area contributed by atoms with E-state index in [2.05, 4.69) is 10.6 Å². The molecule has 2 rings (SSSR count). The van der Waals surface area contributed by atoms with Crippen molar-refractivity contribution in [3.05, 3.63) is 35.4 Å². The first-order valence-electron chi connectivity index (χ1n) is 7.65. The van der Waals surface area contributed by atoms with E-state index in [1.807, 2.05) is 0 Å². The first kappa shape index (κ1) is 17.3. The zero-order valence-corrected chi connectivity index (χ0v) is 13.1. The van der Waals surface area contributed by atoms with Gasteiger partial charge in [0.2, 0.25) is 11.8 Å². The second kappa shape index (κ2) is 8.01. The van der Waals surface area contributed by atoms with E-state index in [-0.39, 0.29) is 24.9 Å². The van der Waals surface area contributed by atoms with Gasteiger partial charge < -0.3 is 10.6 Å². The van der Waals surface area contributed by atoms with Gasteiger partial charge >= 0.3 is 0 Å². The predicted molar refractivity (Wildman–Crippen MR) is 81.5 cm³/mol. The topological polar surface area (TPSA) is 61.4 Å². The lowest BCUT2D eigenvalue weighted by Crippen LogP contribution is -2.48. The summed E-state index contributed by atoms with van der Waals surface area (Å²) in [4.78, 5) is 25.4. The van der Waals surface area contributed by atoms with Crippen molar-refractivity contribution in [3.63, 3.8) is 0 Å². The van der Waals surface area contributed by atoms with Crippen LogP contribution in [0, 0.1) is 11.6 Å². The SMILES string of the molecule is CN(CC(=O)N[C@H]1CCCCNC1=O)Cc1ccc(F)cc1F. The van der Waals surface area contributed by atoms with Gasteiger partial charge in [0.25, 0.3) is 0 Å². The van der Waals surface area contributed by atoms with Crippen LogP contribution in [0.2, 0.25) is 0 Å². The van der Waals surface area contributed by atoms with E-state index < -0.39 is 17.7 Å². The smallest absolute Gasteiger partial charge is 0.242 e. The van der Waals surface area contributed by atoms with Gasteiger partial charge in [-0.25, -0.2) is 8.78 Å². The molecule has 1 aromatic carbocycles. The molecule has 1 saturated heterocycles. The lowest BCUT2D eigenvalue weighted by Gasteiger charge is -2.20. The zero-order valence-electron chi connectivity index (χ0n) is 13.1. The van der Waals surface area contributed by atoms with Crippen molar-refractivity contribution < 1.29 is 18.4 Å². The molecule has 1 aromatic rings. The molecule has 0 aromatic heterocycles. The lowest BCUT2D eigenvalue weighted by atomic mass is 10.1. The molecule has 1 fully saturated rings. The van der Waals surface area contributed by atoms with Crippen LogP contribution in [0.4, 0.5) is 8.78 Å². The van der Waals surface area contributed by atoms with Gasteiger partial charge in [-0.05, 0) is 32.4 Å². The van der Waals surface area contributed by atoms with E-state index in [1.54, 1.807) is 11.9 Å². The van der Waals surface area contributed by atoms with Crippen LogP contribution in [0.15, 0.2) is 18.2 Å². The van der Waals surface area contributed by atoms with Crippen LogP contribution in [0.1, 0.15) is 24.8 Å². The van der Waals surface area contributed by atoms with Crippen molar-refractivity contribution in [2.24, 2.45) is 0 Å². The standard InChI is InChI=1S/C16H21F2N3O2/c1-21(9-11-5-6-12(17)8-13(11)18)10-15(22)20-14-4-2-3-7-19-16(14)23/h5-6,8,14H,2-4,7,9-10H2,1H3,(H,19,23)(H,20,22)/t14-/m0/s1. The molecule has 0 bridgehead atoms. The molecule has 0 radical (unpaired) electrons. The lowest BCUT2D eigenvalue weighted by molar-refractivity contribution is -0.129. The Hall–Kier alpha value is -2.02. The van der Waals surface area contributed by atoms with E-state index in [9.17, 15) is 18.4 Å². The van der Waals surface area contributed by atoms with Gasteiger partial charge in [-0.3, -0.25) is 14.5 Å². The number of likely N-dealkylation sites (N-methyl/N-ethyl adjacent to an activating group) is 1. The van der Waals surface area contributed by atoms with Crippen LogP contribution in [-0.2, 0) is 16.1 Å². The highest BCUT2D eigenvalue weighted by molar-refractivity contribution is 5.88. The number of nitrogens with zero attached hydrogens (tertiary/aromatic N) is 1. The number of rotatable bonds is 5. The Morgan fingerprint density at radius 1 is 1.39 bits per heavy atom. The fourth-order valence-corrected chi connectivity index (χ4v) is 2.56. The quantitative estimate of drug-likeness (QED) is 0.855. The summed E-state index contributed by atoms with van der Waals surface area (Å²) in [7, 11) is 1.66. The summed E-state index contributed by atoms with van der Waals surface area (Å²) in [5.41, 5.74) is 0.314. The molecular formula is C16H21F2N3O2. The first-order chi connectivity index (χ1) is 11.0. The molecule has 0 spiro atoms. The van der Waals surface area contributed by atoms with Crippen molar-refractivity contribution in [1.29, 1.82) is 0 Å². The van der Waals surface area contributed by atoms with Crippen LogP contribution in [0.3, 0.4) is 0 Å². The zero-order chi connectivity index (χ0) is 16.8. The Bertz CT molecular complexity index is 580. The number of benzene rings is 1. The molecule has 2 N–H and O–H groups in total. The fraction of sp³-hybridized carbons (Fsp3) is 0.500. The van der Waals surface area contributed by atoms with Crippen LogP contribution in [-0.4, -0.2) is 42.9 Å². The fourth-order valence-electron chi connectivity index (χ4n) is 2.56. The highest BCUT2D eigenvalue weighted by Crippen LogP contribution is 2.11. The molecule has 1 heterocycles. The number of hydrogen-bond acceptors (Lipinski definition) is 3. The van der Waals surface area contributed by atoms with Gasteiger partial charge in [0.05, 0.1) is 6.54 Å². The maximum atomic E-state index is 13.6. The van der Waals surface area contributed by atoms with Crippen molar-refractivity contribution in [3.8, 4) is 0 Å². The highest BCUT2D eigenvalue weighted by atomic mass is 19.1. The highest BCUT2D eigenvalue weighted by Gasteiger charge is 2.22. The molecule has 23 heavy (non-hydrogen) atoms. The Morgan fingerprint density at radius 2 is 2.17 bits per heavy atom. The van der Waals surface area contributed by atoms with Gasteiger partial charge in [-0.2, -0.15) is 0 Å². The van der Waals surface area contributed by atoms with Crippen LogP contribution in [0.25, 0.3) is 0 Å². The summed E-state index contributed by atoms with van der Waals surface area (Å²) >= 11 is 0. The summed E-state index contributed by atoms with van der Waals surface area (Å²) in [5, 5.41) is 5.46. The summed E-state index contributed by atoms with van der Waals surface area (Å²) in [6.07, 6.45) is 2.40. The molecule has 0 unspecified atom stereocenters. The van der Waals surface area contributed by atoms with E-state index in [4.69, 9.17) is 0 Å². The average molecular weight is 325 g/mol. The van der Waals surface area contributed by atoms with Gasteiger partial charge in [-0.1, -0.05) is 6.07 Å². The van der Waals surface area contributed by atoms with Crippen LogP contribution in [0.5, 0.6) is 0 Å². The second-order valence-corrected chi connectivity index (χ2v) is 5.81. The Balaban J connectivity index is 1.85. The van der Waals surface area contributed by atoms with E-state index >= 15 is 0 Å². The molecule has 1 atom stereocenters. The summed E-state index contributed by atoms with van der Waals surface area (Å²) < 4.78 is 26.5. The third-order valence-corrected chi connectivity index (χ3v) is 3.74. The predicted octanol–water partition coefficient (Wildman–Crippen LogP) is 1.18. The minimum absolute atomic E-state index is 0.0284. The van der Waals surface area contributed by atoms with Crippen molar-refractivity contribution >= 4 is 11.8 Å². The van der Waals surface area contributed by atoms with E-state index in [0.717, 1.165) is 18.9 Å². The Morgan fingerprint density at radius 3 is 2.91 bits per heavy atom. The van der Waals surface area contributed by atoms with E-state index in [1.165, 1.54) is 12.1 Å². The monoisotopic (exact) mass is 325 g/mol. The number of amides is 2. The Kier molecular flexibility index (Phi) is 6.04. The average Bonchev–Trinajstić information content (AvgIpc) is 2.67. The van der Waals surface area contributed by atoms with Gasteiger partial charge in [0.1, 0.15) is 17.7 Å². The third kappa shape index (κ3) is 5.28. The normalized spacial score (nSPS) is 18.4. The molecule has 5 nitrogen and oxygen atoms in total. The van der Waals surface area contributed by atoms with Crippen molar-refractivity contribution in [2.75, 3.05) is 20.1 Å². The number of carbonyl (C=O) groups is 2. The molecular weight excluding hydrogens is 304 g/mol. The van der Waals surface area contributed by atoms with Crippen LogP contribution < -0.4 is 10.6 Å². The number of hydrogen-bond donors (Lipinski definition) is 2.